The molecule has 2 aliphatic rings. The van der Waals surface area contributed by atoms with Gasteiger partial charge in [-0.05, 0) is 43.5 Å². The maximum absolute atomic E-state index is 13.0. The highest BCUT2D eigenvalue weighted by Gasteiger charge is 2.47. The Morgan fingerprint density at radius 3 is 2.75 bits per heavy atom. The van der Waals surface area contributed by atoms with Gasteiger partial charge in [0.15, 0.2) is 0 Å². The maximum atomic E-state index is 13.0. The maximum Gasteiger partial charge on any atom is 0.230 e. The monoisotopic (exact) mass is 326 g/mol. The minimum absolute atomic E-state index is 0.176. The molecule has 1 amide bonds. The molecule has 1 atom stereocenters. The Kier molecular flexibility index (Phi) is 5.23. The van der Waals surface area contributed by atoms with E-state index in [1.54, 1.807) is 7.11 Å². The summed E-state index contributed by atoms with van der Waals surface area (Å²) in [5.74, 6) is 2.98. The zero-order valence-electron chi connectivity index (χ0n) is 14.5. The summed E-state index contributed by atoms with van der Waals surface area (Å²) in [4.78, 5) is 17.4. The number of amides is 1. The Morgan fingerprint density at radius 2 is 2.04 bits per heavy atom. The van der Waals surface area contributed by atoms with E-state index in [4.69, 9.17) is 11.2 Å². The van der Waals surface area contributed by atoms with Gasteiger partial charge in [-0.15, -0.1) is 6.42 Å². The van der Waals surface area contributed by atoms with E-state index in [1.807, 2.05) is 17.0 Å². The number of methoxy groups -OCH3 is 1. The number of carbonyl (C=O) groups is 1. The lowest BCUT2D eigenvalue weighted by Crippen LogP contribution is -2.50. The molecule has 2 heterocycles. The number of benzene rings is 1. The number of nitrogens with zero attached hydrogens (tertiary/aromatic N) is 2. The van der Waals surface area contributed by atoms with Gasteiger partial charge in [-0.3, -0.25) is 9.69 Å². The van der Waals surface area contributed by atoms with Crippen LogP contribution >= 0.6 is 0 Å². The fraction of sp³-hybridized carbons (Fsp3) is 0.550. The highest BCUT2D eigenvalue weighted by atomic mass is 16.5. The number of terminal acetylenes is 1. The molecule has 0 N–H and O–H groups in total. The third-order valence-electron chi connectivity index (χ3n) is 5.35. The predicted octanol–water partition coefficient (Wildman–Crippen LogP) is 2.13. The van der Waals surface area contributed by atoms with Gasteiger partial charge in [0, 0.05) is 38.9 Å². The van der Waals surface area contributed by atoms with Crippen molar-refractivity contribution in [2.45, 2.75) is 25.8 Å². The first-order valence-corrected chi connectivity index (χ1v) is 8.73. The Hall–Kier alpha value is -1.83. The van der Waals surface area contributed by atoms with Crippen molar-refractivity contribution in [2.75, 3.05) is 39.9 Å². The molecule has 1 unspecified atom stereocenters. The molecule has 2 fully saturated rings. The molecule has 1 aromatic carbocycles. The Morgan fingerprint density at radius 1 is 1.25 bits per heavy atom. The average molecular weight is 326 g/mol. The van der Waals surface area contributed by atoms with Crippen molar-refractivity contribution in [3.8, 4) is 12.3 Å². The van der Waals surface area contributed by atoms with Crippen molar-refractivity contribution in [1.29, 1.82) is 0 Å². The van der Waals surface area contributed by atoms with Gasteiger partial charge in [0.25, 0.3) is 0 Å². The zero-order chi connectivity index (χ0) is 17.0. The van der Waals surface area contributed by atoms with Crippen molar-refractivity contribution >= 4 is 5.91 Å². The van der Waals surface area contributed by atoms with Crippen LogP contribution in [0.1, 0.15) is 30.4 Å². The fourth-order valence-corrected chi connectivity index (χ4v) is 4.00. The topological polar surface area (TPSA) is 32.8 Å². The molecule has 128 valence electrons. The minimum atomic E-state index is -0.176. The average Bonchev–Trinajstić information content (AvgIpc) is 3.01. The highest BCUT2D eigenvalue weighted by Crippen LogP contribution is 2.40. The lowest BCUT2D eigenvalue weighted by molar-refractivity contribution is -0.146. The Balaban J connectivity index is 1.62. The lowest BCUT2D eigenvalue weighted by Gasteiger charge is -2.39. The van der Waals surface area contributed by atoms with Gasteiger partial charge in [-0.2, -0.15) is 0 Å². The Bertz CT molecular complexity index is 620. The van der Waals surface area contributed by atoms with E-state index in [-0.39, 0.29) is 5.41 Å². The van der Waals surface area contributed by atoms with Gasteiger partial charge in [0.1, 0.15) is 0 Å². The molecule has 2 saturated heterocycles. The van der Waals surface area contributed by atoms with Gasteiger partial charge in [-0.1, -0.05) is 18.1 Å². The van der Waals surface area contributed by atoms with Gasteiger partial charge in [-0.25, -0.2) is 0 Å². The largest absolute Gasteiger partial charge is 0.383 e. The summed E-state index contributed by atoms with van der Waals surface area (Å²) < 4.78 is 5.14. The first kappa shape index (κ1) is 17.0. The molecule has 0 bridgehead atoms. The van der Waals surface area contributed by atoms with E-state index in [0.29, 0.717) is 19.1 Å². The quantitative estimate of drug-likeness (QED) is 0.777. The summed E-state index contributed by atoms with van der Waals surface area (Å²) in [6.45, 7) is 4.94. The van der Waals surface area contributed by atoms with Crippen LogP contribution in [0.3, 0.4) is 0 Å². The fourth-order valence-electron chi connectivity index (χ4n) is 4.00. The summed E-state index contributed by atoms with van der Waals surface area (Å²) in [5, 5.41) is 0. The molecule has 1 spiro atoms. The number of rotatable bonds is 5. The van der Waals surface area contributed by atoms with Crippen LogP contribution in [0.5, 0.6) is 0 Å². The van der Waals surface area contributed by atoms with Crippen LogP contribution in [-0.2, 0) is 16.1 Å². The van der Waals surface area contributed by atoms with Crippen LogP contribution in [0.2, 0.25) is 0 Å². The molecule has 4 heteroatoms. The van der Waals surface area contributed by atoms with Crippen molar-refractivity contribution in [3.63, 3.8) is 0 Å². The highest BCUT2D eigenvalue weighted by molar-refractivity contribution is 5.84. The van der Waals surface area contributed by atoms with Crippen molar-refractivity contribution in [1.82, 2.24) is 9.80 Å². The third kappa shape index (κ3) is 3.48. The van der Waals surface area contributed by atoms with Crippen molar-refractivity contribution in [3.05, 3.63) is 35.4 Å². The molecule has 3 rings (SSSR count). The van der Waals surface area contributed by atoms with Gasteiger partial charge in [0.05, 0.1) is 12.0 Å². The summed E-state index contributed by atoms with van der Waals surface area (Å²) in [6.07, 6.45) is 8.49. The van der Waals surface area contributed by atoms with Crippen LogP contribution < -0.4 is 0 Å². The van der Waals surface area contributed by atoms with E-state index in [1.165, 1.54) is 5.56 Å². The van der Waals surface area contributed by atoms with Gasteiger partial charge in [0.2, 0.25) is 5.91 Å². The summed E-state index contributed by atoms with van der Waals surface area (Å²) in [7, 11) is 1.69. The lowest BCUT2D eigenvalue weighted by atomic mass is 9.78. The van der Waals surface area contributed by atoms with Crippen LogP contribution in [0, 0.1) is 17.8 Å². The van der Waals surface area contributed by atoms with Gasteiger partial charge < -0.3 is 9.64 Å². The van der Waals surface area contributed by atoms with E-state index in [9.17, 15) is 4.79 Å². The first-order valence-electron chi connectivity index (χ1n) is 8.73. The first-order chi connectivity index (χ1) is 11.7. The van der Waals surface area contributed by atoms with Crippen LogP contribution in [0.25, 0.3) is 0 Å². The predicted molar refractivity (Wildman–Crippen MR) is 94.4 cm³/mol. The summed E-state index contributed by atoms with van der Waals surface area (Å²) in [6, 6.07) is 8.15. The second-order valence-corrected chi connectivity index (χ2v) is 6.97. The van der Waals surface area contributed by atoms with Crippen molar-refractivity contribution < 1.29 is 9.53 Å². The van der Waals surface area contributed by atoms with Crippen molar-refractivity contribution in [2.24, 2.45) is 5.41 Å². The molecule has 0 aromatic heterocycles. The smallest absolute Gasteiger partial charge is 0.230 e. The SMILES string of the molecule is C#Cc1ccc(CN2CCC3(CCCN(CCOC)C3=O)C2)cc1. The van der Waals surface area contributed by atoms with Gasteiger partial charge >= 0.3 is 0 Å². The van der Waals surface area contributed by atoms with Crippen LogP contribution in [-0.4, -0.2) is 55.6 Å². The van der Waals surface area contributed by atoms with E-state index < -0.39 is 0 Å². The second kappa shape index (κ2) is 7.38. The zero-order valence-corrected chi connectivity index (χ0v) is 14.5. The molecule has 24 heavy (non-hydrogen) atoms. The van der Waals surface area contributed by atoms with E-state index >= 15 is 0 Å². The number of hydrogen-bond acceptors (Lipinski definition) is 3. The standard InChI is InChI=1S/C20H26N2O2/c1-3-17-5-7-18(8-6-17)15-21-12-10-20(16-21)9-4-11-22(19(20)23)13-14-24-2/h1,5-8H,4,9-16H2,2H3. The Labute approximate surface area is 144 Å². The number of carbonyl (C=O) groups excluding carboxylic acids is 1. The second-order valence-electron chi connectivity index (χ2n) is 6.97. The normalized spacial score (nSPS) is 24.5. The number of ether oxygens (including phenoxy) is 1. The molecule has 4 nitrogen and oxygen atoms in total. The number of hydrogen-bond donors (Lipinski definition) is 0. The summed E-state index contributed by atoms with van der Waals surface area (Å²) >= 11 is 0. The van der Waals surface area contributed by atoms with Crippen LogP contribution in [0.4, 0.5) is 0 Å². The molecule has 0 aliphatic carbocycles. The minimum Gasteiger partial charge on any atom is -0.383 e. The molecule has 0 radical (unpaired) electrons. The number of piperidine rings is 1. The summed E-state index contributed by atoms with van der Waals surface area (Å²) in [5.41, 5.74) is 1.99. The number of likely N-dealkylation sites (tertiary alicyclic amines) is 2. The molecular formula is C20H26N2O2. The molecular weight excluding hydrogens is 300 g/mol. The van der Waals surface area contributed by atoms with E-state index in [0.717, 1.165) is 51.0 Å². The molecule has 2 aliphatic heterocycles. The molecule has 1 aromatic rings. The molecule has 0 saturated carbocycles. The van der Waals surface area contributed by atoms with E-state index in [2.05, 4.69) is 23.0 Å². The van der Waals surface area contributed by atoms with Crippen LogP contribution in [0.15, 0.2) is 24.3 Å². The third-order valence-corrected chi connectivity index (χ3v) is 5.35.